The third-order valence-corrected chi connectivity index (χ3v) is 4.07. The van der Waals surface area contributed by atoms with E-state index in [-0.39, 0.29) is 11.6 Å². The summed E-state index contributed by atoms with van der Waals surface area (Å²) in [5, 5.41) is 7.09. The van der Waals surface area contributed by atoms with E-state index in [9.17, 15) is 22.4 Å². The second kappa shape index (κ2) is 6.36. The number of halogens is 4. The molecule has 6 nitrogen and oxygen atoms in total. The molecule has 10 heteroatoms. The number of H-pyrrole nitrogens is 1. The van der Waals surface area contributed by atoms with Crippen LogP contribution in [0.15, 0.2) is 35.4 Å². The van der Waals surface area contributed by atoms with E-state index >= 15 is 0 Å². The lowest BCUT2D eigenvalue weighted by Gasteiger charge is -2.33. The van der Waals surface area contributed by atoms with Crippen molar-refractivity contribution in [2.75, 3.05) is 5.32 Å². The van der Waals surface area contributed by atoms with Crippen LogP contribution in [0.25, 0.3) is 5.78 Å². The number of hydrogen-bond donors (Lipinski definition) is 2. The average molecular weight is 383 g/mol. The van der Waals surface area contributed by atoms with Crippen molar-refractivity contribution in [1.82, 2.24) is 19.6 Å². The van der Waals surface area contributed by atoms with Crippen molar-refractivity contribution in [3.05, 3.63) is 57.9 Å². The van der Waals surface area contributed by atoms with Crippen LogP contribution < -0.4 is 10.9 Å². The molecule has 0 aliphatic heterocycles. The second-order valence-electron chi connectivity index (χ2n) is 7.19. The Labute approximate surface area is 151 Å². The fourth-order valence-electron chi connectivity index (χ4n) is 2.83. The summed E-state index contributed by atoms with van der Waals surface area (Å²) < 4.78 is 53.9. The number of benzene rings is 1. The van der Waals surface area contributed by atoms with Gasteiger partial charge < -0.3 is 5.32 Å². The fraction of sp³-hybridized carbons (Fsp3) is 0.353. The summed E-state index contributed by atoms with van der Waals surface area (Å²) in [5.74, 6) is -0.865. The van der Waals surface area contributed by atoms with E-state index < -0.39 is 34.6 Å². The maximum absolute atomic E-state index is 14.1. The summed E-state index contributed by atoms with van der Waals surface area (Å²) in [6.07, 6.45) is -3.52. The lowest BCUT2D eigenvalue weighted by molar-refractivity contribution is -0.140. The van der Waals surface area contributed by atoms with Gasteiger partial charge in [0.15, 0.2) is 0 Å². The van der Waals surface area contributed by atoms with Crippen LogP contribution in [-0.2, 0) is 6.18 Å². The Kier molecular flexibility index (Phi) is 4.44. The lowest BCUT2D eigenvalue weighted by atomic mass is 9.82. The number of hydrogen-bond acceptors (Lipinski definition) is 4. The largest absolute Gasteiger partial charge is 0.419 e. The van der Waals surface area contributed by atoms with Crippen LogP contribution in [0.5, 0.6) is 0 Å². The molecule has 2 aromatic heterocycles. The summed E-state index contributed by atoms with van der Waals surface area (Å²) in [4.78, 5) is 18.2. The number of aromatic amines is 1. The smallest absolute Gasteiger partial charge is 0.362 e. The zero-order valence-electron chi connectivity index (χ0n) is 14.7. The average Bonchev–Trinajstić information content (AvgIpc) is 2.98. The monoisotopic (exact) mass is 383 g/mol. The van der Waals surface area contributed by atoms with Gasteiger partial charge >= 0.3 is 6.18 Å². The Morgan fingerprint density at radius 3 is 2.48 bits per heavy atom. The molecular weight excluding hydrogens is 366 g/mol. The van der Waals surface area contributed by atoms with Gasteiger partial charge in [0.25, 0.3) is 5.56 Å². The molecule has 1 aromatic carbocycles. The van der Waals surface area contributed by atoms with Crippen molar-refractivity contribution in [2.45, 2.75) is 33.0 Å². The first kappa shape index (κ1) is 18.9. The van der Waals surface area contributed by atoms with E-state index in [2.05, 4.69) is 20.4 Å². The lowest BCUT2D eigenvalue weighted by Crippen LogP contribution is -2.28. The predicted molar refractivity (Wildman–Crippen MR) is 90.8 cm³/mol. The summed E-state index contributed by atoms with van der Waals surface area (Å²) in [6, 6.07) is 3.44. The second-order valence-corrected chi connectivity index (χ2v) is 7.19. The van der Waals surface area contributed by atoms with Gasteiger partial charge in [0.1, 0.15) is 18.0 Å². The highest BCUT2D eigenvalue weighted by Crippen LogP contribution is 2.38. The van der Waals surface area contributed by atoms with Crippen LogP contribution >= 0.6 is 0 Å². The highest BCUT2D eigenvalue weighted by Gasteiger charge is 2.35. The maximum atomic E-state index is 14.1. The Morgan fingerprint density at radius 1 is 1.19 bits per heavy atom. The highest BCUT2D eigenvalue weighted by molar-refractivity contribution is 5.45. The minimum atomic E-state index is -4.77. The molecule has 1 unspecified atom stereocenters. The van der Waals surface area contributed by atoms with Crippen LogP contribution in [0.3, 0.4) is 0 Å². The van der Waals surface area contributed by atoms with Gasteiger partial charge in [-0.3, -0.25) is 9.78 Å². The molecule has 3 rings (SSSR count). The summed E-state index contributed by atoms with van der Waals surface area (Å²) in [5.41, 5.74) is -1.97. The molecular formula is C17H17F4N5O. The van der Waals surface area contributed by atoms with Crippen molar-refractivity contribution in [1.29, 1.82) is 0 Å². The van der Waals surface area contributed by atoms with Gasteiger partial charge in [-0.1, -0.05) is 26.8 Å². The molecule has 144 valence electrons. The minimum absolute atomic E-state index is 0.205. The van der Waals surface area contributed by atoms with Crippen LogP contribution in [0, 0.1) is 11.2 Å². The van der Waals surface area contributed by atoms with E-state index in [0.29, 0.717) is 11.6 Å². The van der Waals surface area contributed by atoms with E-state index in [1.165, 1.54) is 23.0 Å². The molecule has 0 aliphatic carbocycles. The topological polar surface area (TPSA) is 75.1 Å². The van der Waals surface area contributed by atoms with Crippen LogP contribution in [0.2, 0.25) is 0 Å². The number of anilines is 1. The summed E-state index contributed by atoms with van der Waals surface area (Å²) in [6.45, 7) is 5.52. The Bertz CT molecular complexity index is 1030. The third kappa shape index (κ3) is 3.79. The maximum Gasteiger partial charge on any atom is 0.419 e. The van der Waals surface area contributed by atoms with Crippen LogP contribution in [-0.4, -0.2) is 19.6 Å². The van der Waals surface area contributed by atoms with Gasteiger partial charge in [-0.25, -0.2) is 4.39 Å². The predicted octanol–water partition coefficient (Wildman–Crippen LogP) is 3.77. The molecule has 0 saturated heterocycles. The molecule has 2 heterocycles. The first-order valence-corrected chi connectivity index (χ1v) is 8.03. The summed E-state index contributed by atoms with van der Waals surface area (Å²) >= 11 is 0. The fourth-order valence-corrected chi connectivity index (χ4v) is 2.83. The zero-order chi connectivity index (χ0) is 20.0. The number of aromatic nitrogens is 4. The van der Waals surface area contributed by atoms with E-state index in [1.807, 2.05) is 20.8 Å². The number of alkyl halides is 3. The minimum Gasteiger partial charge on any atom is -0.362 e. The molecule has 0 amide bonds. The number of nitrogens with one attached hydrogen (secondary N) is 2. The Hall–Kier alpha value is -2.91. The number of rotatable bonds is 3. The molecule has 0 saturated carbocycles. The van der Waals surface area contributed by atoms with Crippen molar-refractivity contribution in [3.8, 4) is 0 Å². The van der Waals surface area contributed by atoms with E-state index in [4.69, 9.17) is 0 Å². The molecule has 0 fully saturated rings. The molecule has 0 aliphatic rings. The molecule has 2 N–H and O–H groups in total. The van der Waals surface area contributed by atoms with Crippen molar-refractivity contribution in [3.63, 3.8) is 0 Å². The van der Waals surface area contributed by atoms with Crippen molar-refractivity contribution in [2.24, 2.45) is 5.41 Å². The van der Waals surface area contributed by atoms with Crippen molar-refractivity contribution >= 4 is 11.6 Å². The van der Waals surface area contributed by atoms with Gasteiger partial charge in [0, 0.05) is 6.07 Å². The van der Waals surface area contributed by atoms with Gasteiger partial charge in [-0.2, -0.15) is 27.8 Å². The number of fused-ring (bicyclic) bond motifs is 1. The molecule has 3 aromatic rings. The third-order valence-electron chi connectivity index (χ3n) is 4.07. The Balaban J connectivity index is 2.07. The van der Waals surface area contributed by atoms with Gasteiger partial charge in [-0.05, 0) is 23.1 Å². The quantitative estimate of drug-likeness (QED) is 0.675. The molecule has 0 spiro atoms. The Morgan fingerprint density at radius 2 is 1.89 bits per heavy atom. The van der Waals surface area contributed by atoms with Crippen molar-refractivity contribution < 1.29 is 17.6 Å². The standard InChI is InChI=1S/C17H17F4N5O/c1-16(2,3)14(9-4-5-10(11(18)6-9)17(19,20)21)24-12-7-13(27)25-15-22-8-23-26(12)15/h4-8,14,24H,1-3H3,(H,22,23,25,27). The van der Waals surface area contributed by atoms with Gasteiger partial charge in [0.05, 0.1) is 11.6 Å². The van der Waals surface area contributed by atoms with Crippen LogP contribution in [0.4, 0.5) is 23.4 Å². The molecule has 0 radical (unpaired) electrons. The molecule has 27 heavy (non-hydrogen) atoms. The SMILES string of the molecule is CC(C)(C)C(Nc1cc(=O)[nH]c2ncnn12)c1ccc(C(F)(F)F)c(F)c1. The zero-order valence-corrected chi connectivity index (χ0v) is 14.7. The number of nitrogens with zero attached hydrogens (tertiary/aromatic N) is 3. The highest BCUT2D eigenvalue weighted by atomic mass is 19.4. The van der Waals surface area contributed by atoms with Gasteiger partial charge in [0.2, 0.25) is 5.78 Å². The van der Waals surface area contributed by atoms with Gasteiger partial charge in [-0.15, -0.1) is 0 Å². The first-order valence-electron chi connectivity index (χ1n) is 8.03. The summed E-state index contributed by atoms with van der Waals surface area (Å²) in [7, 11) is 0. The molecule has 0 bridgehead atoms. The van der Waals surface area contributed by atoms with E-state index in [1.54, 1.807) is 0 Å². The normalized spacial score (nSPS) is 13.7. The molecule has 1 atom stereocenters. The van der Waals surface area contributed by atoms with Crippen LogP contribution in [0.1, 0.15) is 37.9 Å². The first-order chi connectivity index (χ1) is 12.5. The van der Waals surface area contributed by atoms with E-state index in [0.717, 1.165) is 6.07 Å².